The van der Waals surface area contributed by atoms with Gasteiger partial charge in [0.25, 0.3) is 0 Å². The molecule has 16 heavy (non-hydrogen) atoms. The molecule has 88 valence electrons. The van der Waals surface area contributed by atoms with Crippen LogP contribution in [0.5, 0.6) is 0 Å². The molecule has 3 heterocycles. The van der Waals surface area contributed by atoms with Crippen molar-refractivity contribution in [2.45, 2.75) is 50.4 Å². The van der Waals surface area contributed by atoms with Crippen molar-refractivity contribution in [2.24, 2.45) is 0 Å². The van der Waals surface area contributed by atoms with Gasteiger partial charge in [0.15, 0.2) is 0 Å². The highest BCUT2D eigenvalue weighted by molar-refractivity contribution is 7.09. The van der Waals surface area contributed by atoms with Crippen LogP contribution in [0.2, 0.25) is 0 Å². The van der Waals surface area contributed by atoms with Gasteiger partial charge < -0.3 is 10.2 Å². The number of hydrogen-bond acceptors (Lipinski definition) is 4. The van der Waals surface area contributed by atoms with E-state index in [1.165, 1.54) is 30.7 Å². The Morgan fingerprint density at radius 1 is 1.44 bits per heavy atom. The first-order valence-electron chi connectivity index (χ1n) is 6.16. The lowest BCUT2D eigenvalue weighted by Gasteiger charge is -2.36. The van der Waals surface area contributed by atoms with Crippen LogP contribution < -0.4 is 5.32 Å². The SMILES string of the molecule is CN1C2CCC1CC(NCc1nccs1)C2. The summed E-state index contributed by atoms with van der Waals surface area (Å²) >= 11 is 1.75. The Balaban J connectivity index is 1.54. The molecule has 2 atom stereocenters. The van der Waals surface area contributed by atoms with Crippen LogP contribution in [-0.4, -0.2) is 35.1 Å². The largest absolute Gasteiger partial charge is 0.308 e. The molecule has 4 heteroatoms. The molecule has 2 saturated heterocycles. The number of thiazole rings is 1. The molecule has 1 aromatic heterocycles. The summed E-state index contributed by atoms with van der Waals surface area (Å²) in [4.78, 5) is 6.90. The van der Waals surface area contributed by atoms with E-state index in [9.17, 15) is 0 Å². The van der Waals surface area contributed by atoms with Crippen LogP contribution in [0.15, 0.2) is 11.6 Å². The number of nitrogens with zero attached hydrogens (tertiary/aromatic N) is 2. The van der Waals surface area contributed by atoms with Gasteiger partial charge in [-0.25, -0.2) is 4.98 Å². The molecule has 0 aromatic carbocycles. The van der Waals surface area contributed by atoms with Crippen LogP contribution in [0, 0.1) is 0 Å². The monoisotopic (exact) mass is 237 g/mol. The van der Waals surface area contributed by atoms with Crippen molar-refractivity contribution in [3.05, 3.63) is 16.6 Å². The van der Waals surface area contributed by atoms with E-state index >= 15 is 0 Å². The van der Waals surface area contributed by atoms with Crippen LogP contribution in [0.3, 0.4) is 0 Å². The Hall–Kier alpha value is -0.450. The van der Waals surface area contributed by atoms with E-state index in [1.807, 2.05) is 6.20 Å². The molecule has 1 N–H and O–H groups in total. The smallest absolute Gasteiger partial charge is 0.106 e. The summed E-state index contributed by atoms with van der Waals surface area (Å²) in [5, 5.41) is 6.93. The van der Waals surface area contributed by atoms with E-state index < -0.39 is 0 Å². The number of nitrogens with one attached hydrogen (secondary N) is 1. The Morgan fingerprint density at radius 2 is 2.19 bits per heavy atom. The Kier molecular flexibility index (Phi) is 2.96. The molecule has 0 amide bonds. The van der Waals surface area contributed by atoms with Crippen molar-refractivity contribution < 1.29 is 0 Å². The van der Waals surface area contributed by atoms with Crippen LogP contribution in [-0.2, 0) is 6.54 Å². The maximum absolute atomic E-state index is 4.31. The minimum absolute atomic E-state index is 0.706. The van der Waals surface area contributed by atoms with Gasteiger partial charge in [-0.1, -0.05) is 0 Å². The highest BCUT2D eigenvalue weighted by Gasteiger charge is 2.37. The van der Waals surface area contributed by atoms with E-state index in [4.69, 9.17) is 0 Å². The molecule has 0 saturated carbocycles. The van der Waals surface area contributed by atoms with Crippen LogP contribution in [0.25, 0.3) is 0 Å². The fourth-order valence-electron chi connectivity index (χ4n) is 3.15. The lowest BCUT2D eigenvalue weighted by Crippen LogP contribution is -2.46. The summed E-state index contributed by atoms with van der Waals surface area (Å²) in [6.45, 7) is 0.950. The number of rotatable bonds is 3. The molecule has 2 unspecified atom stereocenters. The number of hydrogen-bond donors (Lipinski definition) is 1. The van der Waals surface area contributed by atoms with Gasteiger partial charge in [0.1, 0.15) is 5.01 Å². The number of fused-ring (bicyclic) bond motifs is 2. The summed E-state index contributed by atoms with van der Waals surface area (Å²) in [5.41, 5.74) is 0. The molecule has 3 rings (SSSR count). The van der Waals surface area contributed by atoms with Gasteiger partial charge >= 0.3 is 0 Å². The predicted octanol–water partition coefficient (Wildman–Crippen LogP) is 1.86. The minimum Gasteiger partial charge on any atom is -0.308 e. The third-order valence-electron chi connectivity index (χ3n) is 4.12. The molecule has 0 radical (unpaired) electrons. The van der Waals surface area contributed by atoms with E-state index in [2.05, 4.69) is 27.6 Å². The van der Waals surface area contributed by atoms with Crippen molar-refractivity contribution >= 4 is 11.3 Å². The van der Waals surface area contributed by atoms with Crippen molar-refractivity contribution in [3.8, 4) is 0 Å². The van der Waals surface area contributed by atoms with Crippen molar-refractivity contribution in [3.63, 3.8) is 0 Å². The molecule has 1 aromatic rings. The van der Waals surface area contributed by atoms with E-state index in [0.717, 1.165) is 18.6 Å². The zero-order valence-corrected chi connectivity index (χ0v) is 10.5. The fourth-order valence-corrected chi connectivity index (χ4v) is 3.72. The van der Waals surface area contributed by atoms with Gasteiger partial charge in [-0.3, -0.25) is 0 Å². The first-order valence-corrected chi connectivity index (χ1v) is 7.04. The van der Waals surface area contributed by atoms with Crippen LogP contribution >= 0.6 is 11.3 Å². The highest BCUT2D eigenvalue weighted by Crippen LogP contribution is 2.34. The van der Waals surface area contributed by atoms with Crippen molar-refractivity contribution in [1.82, 2.24) is 15.2 Å². The first kappa shape index (κ1) is 10.7. The Bertz CT molecular complexity index is 324. The summed E-state index contributed by atoms with van der Waals surface area (Å²) in [7, 11) is 2.29. The third-order valence-corrected chi connectivity index (χ3v) is 4.90. The third kappa shape index (κ3) is 2.01. The summed E-state index contributed by atoms with van der Waals surface area (Å²) < 4.78 is 0. The van der Waals surface area contributed by atoms with Gasteiger partial charge in [-0.2, -0.15) is 0 Å². The van der Waals surface area contributed by atoms with Gasteiger partial charge in [-0.15, -0.1) is 11.3 Å². The second-order valence-electron chi connectivity index (χ2n) is 5.03. The average Bonchev–Trinajstić information content (AvgIpc) is 2.84. The van der Waals surface area contributed by atoms with E-state index in [1.54, 1.807) is 11.3 Å². The molecule has 2 bridgehead atoms. The zero-order chi connectivity index (χ0) is 11.0. The molecule has 0 aliphatic carbocycles. The summed E-state index contributed by atoms with van der Waals surface area (Å²) in [6, 6.07) is 2.36. The normalized spacial score (nSPS) is 34.4. The highest BCUT2D eigenvalue weighted by atomic mass is 32.1. The molecule has 2 aliphatic rings. The molecule has 2 fully saturated rings. The quantitative estimate of drug-likeness (QED) is 0.869. The molecule has 2 aliphatic heterocycles. The summed E-state index contributed by atoms with van der Waals surface area (Å²) in [5.74, 6) is 0. The molecule has 0 spiro atoms. The molecule has 3 nitrogen and oxygen atoms in total. The lowest BCUT2D eigenvalue weighted by molar-refractivity contribution is 0.148. The number of aromatic nitrogens is 1. The zero-order valence-electron chi connectivity index (χ0n) is 9.72. The maximum atomic E-state index is 4.31. The minimum atomic E-state index is 0.706. The van der Waals surface area contributed by atoms with Crippen molar-refractivity contribution in [1.29, 1.82) is 0 Å². The first-order chi connectivity index (χ1) is 7.83. The Labute approximate surface area is 101 Å². The topological polar surface area (TPSA) is 28.2 Å². The van der Waals surface area contributed by atoms with Gasteiger partial charge in [0, 0.05) is 36.2 Å². The molecular weight excluding hydrogens is 218 g/mol. The van der Waals surface area contributed by atoms with Gasteiger partial charge in [0.05, 0.1) is 0 Å². The standard InChI is InChI=1S/C12H19N3S/c1-15-10-2-3-11(15)7-9(6-10)14-8-12-13-4-5-16-12/h4-5,9-11,14H,2-3,6-8H2,1H3. The molecular formula is C12H19N3S. The van der Waals surface area contributed by atoms with Crippen LogP contribution in [0.1, 0.15) is 30.7 Å². The maximum Gasteiger partial charge on any atom is 0.106 e. The second-order valence-corrected chi connectivity index (χ2v) is 6.00. The van der Waals surface area contributed by atoms with Crippen molar-refractivity contribution in [2.75, 3.05) is 7.05 Å². The van der Waals surface area contributed by atoms with E-state index in [-0.39, 0.29) is 0 Å². The second kappa shape index (κ2) is 4.43. The summed E-state index contributed by atoms with van der Waals surface area (Å²) in [6.07, 6.45) is 7.32. The van der Waals surface area contributed by atoms with Gasteiger partial charge in [0.2, 0.25) is 0 Å². The predicted molar refractivity (Wildman–Crippen MR) is 66.5 cm³/mol. The number of piperidine rings is 1. The van der Waals surface area contributed by atoms with Crippen LogP contribution in [0.4, 0.5) is 0 Å². The lowest BCUT2D eigenvalue weighted by atomic mass is 9.98. The van der Waals surface area contributed by atoms with E-state index in [0.29, 0.717) is 6.04 Å². The fraction of sp³-hybridized carbons (Fsp3) is 0.750. The Morgan fingerprint density at radius 3 is 2.81 bits per heavy atom. The average molecular weight is 237 g/mol. The van der Waals surface area contributed by atoms with Gasteiger partial charge in [-0.05, 0) is 32.7 Å².